The van der Waals surface area contributed by atoms with Gasteiger partial charge in [0.1, 0.15) is 0 Å². The summed E-state index contributed by atoms with van der Waals surface area (Å²) in [6.07, 6.45) is 11.0. The molecule has 5 rings (SSSR count). The van der Waals surface area contributed by atoms with Gasteiger partial charge in [0.25, 0.3) is 5.91 Å². The summed E-state index contributed by atoms with van der Waals surface area (Å²) in [5.74, 6) is 0.497. The predicted octanol–water partition coefficient (Wildman–Crippen LogP) is 2.72. The molecule has 5 heterocycles. The number of hydrogen-bond acceptors (Lipinski definition) is 6. The van der Waals surface area contributed by atoms with E-state index in [2.05, 4.69) is 20.4 Å². The number of aryl methyl sites for hydroxylation is 1. The molecule has 2 aliphatic rings. The van der Waals surface area contributed by atoms with Crippen molar-refractivity contribution in [3.63, 3.8) is 0 Å². The van der Waals surface area contributed by atoms with Crippen molar-refractivity contribution in [1.82, 2.24) is 24.6 Å². The minimum atomic E-state index is -0.0744. The molecule has 1 N–H and O–H groups in total. The van der Waals surface area contributed by atoms with Gasteiger partial charge in [0, 0.05) is 43.9 Å². The summed E-state index contributed by atoms with van der Waals surface area (Å²) in [5.41, 5.74) is 1.90. The van der Waals surface area contributed by atoms with E-state index in [1.54, 1.807) is 29.6 Å². The van der Waals surface area contributed by atoms with Crippen LogP contribution in [0.5, 0.6) is 0 Å². The normalized spacial score (nSPS) is 18.1. The summed E-state index contributed by atoms with van der Waals surface area (Å²) >= 11 is 0. The standard InChI is InChI=1S/C24H27N7O2/c32-22-16-27-23-21(31(22)17-19-6-1-3-9-25-19)14-18(15-26-23)24(33)30-12-4-2-7-20(30)8-13-29-11-5-10-28-29/h1,3,5-6,9-11,14-15,20H,2,4,7-8,12-13,16-17H2,(H,26,27). The minimum Gasteiger partial charge on any atom is -0.359 e. The molecular weight excluding hydrogens is 418 g/mol. The van der Waals surface area contributed by atoms with E-state index in [1.807, 2.05) is 40.0 Å². The van der Waals surface area contributed by atoms with Crippen LogP contribution >= 0.6 is 0 Å². The first-order valence-corrected chi connectivity index (χ1v) is 11.4. The van der Waals surface area contributed by atoms with E-state index in [0.29, 0.717) is 23.6 Å². The number of carbonyl (C=O) groups excluding carboxylic acids is 2. The van der Waals surface area contributed by atoms with E-state index < -0.39 is 0 Å². The molecule has 1 unspecified atom stereocenters. The number of amides is 2. The lowest BCUT2D eigenvalue weighted by molar-refractivity contribution is -0.117. The van der Waals surface area contributed by atoms with Gasteiger partial charge in [0.2, 0.25) is 5.91 Å². The molecule has 0 aliphatic carbocycles. The van der Waals surface area contributed by atoms with Crippen LogP contribution in [0.3, 0.4) is 0 Å². The Labute approximate surface area is 192 Å². The van der Waals surface area contributed by atoms with E-state index in [-0.39, 0.29) is 24.4 Å². The molecule has 0 bridgehead atoms. The maximum Gasteiger partial charge on any atom is 0.255 e. The van der Waals surface area contributed by atoms with Crippen molar-refractivity contribution in [2.24, 2.45) is 0 Å². The number of piperidine rings is 1. The topological polar surface area (TPSA) is 96.2 Å². The Morgan fingerprint density at radius 1 is 1.15 bits per heavy atom. The highest BCUT2D eigenvalue weighted by Crippen LogP contribution is 2.31. The lowest BCUT2D eigenvalue weighted by Crippen LogP contribution is -2.44. The summed E-state index contributed by atoms with van der Waals surface area (Å²) < 4.78 is 1.91. The average Bonchev–Trinajstić information content (AvgIpc) is 3.38. The largest absolute Gasteiger partial charge is 0.359 e. The maximum absolute atomic E-state index is 13.5. The Hall–Kier alpha value is -3.75. The highest BCUT2D eigenvalue weighted by Gasteiger charge is 2.30. The zero-order valence-corrected chi connectivity index (χ0v) is 18.4. The van der Waals surface area contributed by atoms with Crippen molar-refractivity contribution in [2.45, 2.75) is 44.8 Å². The number of pyridine rings is 2. The smallest absolute Gasteiger partial charge is 0.255 e. The molecule has 9 nitrogen and oxygen atoms in total. The molecule has 9 heteroatoms. The van der Waals surface area contributed by atoms with Crippen LogP contribution < -0.4 is 10.2 Å². The van der Waals surface area contributed by atoms with Gasteiger partial charge in [-0.3, -0.25) is 19.3 Å². The van der Waals surface area contributed by atoms with Crippen molar-refractivity contribution in [2.75, 3.05) is 23.3 Å². The SMILES string of the molecule is O=C1CNc2ncc(C(=O)N3CCCCC3CCn3cccn3)cc2N1Cc1ccccn1. The molecular formula is C24H27N7O2. The van der Waals surface area contributed by atoms with E-state index in [4.69, 9.17) is 0 Å². The first-order valence-electron chi connectivity index (χ1n) is 11.4. The summed E-state index contributed by atoms with van der Waals surface area (Å²) in [7, 11) is 0. The van der Waals surface area contributed by atoms with E-state index in [1.165, 1.54) is 0 Å². The molecule has 3 aromatic heterocycles. The van der Waals surface area contributed by atoms with Crippen LogP contribution in [0.15, 0.2) is 55.1 Å². The number of rotatable bonds is 6. The lowest BCUT2D eigenvalue weighted by atomic mass is 9.98. The highest BCUT2D eigenvalue weighted by atomic mass is 16.2. The fraction of sp³-hybridized carbons (Fsp3) is 0.375. The molecule has 0 aromatic carbocycles. The lowest BCUT2D eigenvalue weighted by Gasteiger charge is -2.36. The fourth-order valence-electron chi connectivity index (χ4n) is 4.58. The summed E-state index contributed by atoms with van der Waals surface area (Å²) in [4.78, 5) is 38.7. The number of aromatic nitrogens is 4. The third-order valence-corrected chi connectivity index (χ3v) is 6.30. The predicted molar refractivity (Wildman–Crippen MR) is 124 cm³/mol. The van der Waals surface area contributed by atoms with Gasteiger partial charge in [0.15, 0.2) is 5.82 Å². The van der Waals surface area contributed by atoms with Crippen LogP contribution in [-0.4, -0.2) is 55.6 Å². The maximum atomic E-state index is 13.5. The first kappa shape index (κ1) is 21.1. The number of anilines is 2. The van der Waals surface area contributed by atoms with Crippen LogP contribution in [0.2, 0.25) is 0 Å². The zero-order valence-electron chi connectivity index (χ0n) is 18.4. The van der Waals surface area contributed by atoms with Gasteiger partial charge in [-0.2, -0.15) is 5.10 Å². The molecule has 1 atom stereocenters. The summed E-state index contributed by atoms with van der Waals surface area (Å²) in [6, 6.07) is 9.49. The average molecular weight is 446 g/mol. The third kappa shape index (κ3) is 4.57. The van der Waals surface area contributed by atoms with Gasteiger partial charge in [-0.15, -0.1) is 0 Å². The number of nitrogens with zero attached hydrogens (tertiary/aromatic N) is 6. The Kier molecular flexibility index (Phi) is 6.01. The second kappa shape index (κ2) is 9.40. The summed E-state index contributed by atoms with van der Waals surface area (Å²) in [5, 5.41) is 7.34. The fourth-order valence-corrected chi connectivity index (χ4v) is 4.58. The number of hydrogen-bond donors (Lipinski definition) is 1. The number of nitrogens with one attached hydrogen (secondary N) is 1. The minimum absolute atomic E-state index is 0.0359. The highest BCUT2D eigenvalue weighted by molar-refractivity contribution is 6.04. The van der Waals surface area contributed by atoms with Crippen LogP contribution in [0.1, 0.15) is 41.7 Å². The number of likely N-dealkylation sites (tertiary alicyclic amines) is 1. The van der Waals surface area contributed by atoms with Crippen LogP contribution in [0, 0.1) is 0 Å². The van der Waals surface area contributed by atoms with E-state index in [9.17, 15) is 9.59 Å². The van der Waals surface area contributed by atoms with Crippen molar-refractivity contribution in [3.8, 4) is 0 Å². The Bertz CT molecular complexity index is 1120. The number of fused-ring (bicyclic) bond motifs is 1. The van der Waals surface area contributed by atoms with Crippen LogP contribution in [0.25, 0.3) is 0 Å². The first-order chi connectivity index (χ1) is 16.2. The van der Waals surface area contributed by atoms with Crippen LogP contribution in [-0.2, 0) is 17.9 Å². The van der Waals surface area contributed by atoms with Gasteiger partial charge in [-0.1, -0.05) is 6.07 Å². The van der Waals surface area contributed by atoms with Crippen molar-refractivity contribution < 1.29 is 9.59 Å². The van der Waals surface area contributed by atoms with Gasteiger partial charge in [-0.05, 0) is 49.9 Å². The molecule has 33 heavy (non-hydrogen) atoms. The van der Waals surface area contributed by atoms with E-state index >= 15 is 0 Å². The molecule has 0 spiro atoms. The molecule has 1 fully saturated rings. The molecule has 1 saturated heterocycles. The van der Waals surface area contributed by atoms with Crippen molar-refractivity contribution >= 4 is 23.3 Å². The van der Waals surface area contributed by atoms with Gasteiger partial charge >= 0.3 is 0 Å². The van der Waals surface area contributed by atoms with E-state index in [0.717, 1.165) is 44.5 Å². The Balaban J connectivity index is 1.37. The second-order valence-corrected chi connectivity index (χ2v) is 8.45. The molecule has 3 aromatic rings. The number of carbonyl (C=O) groups is 2. The third-order valence-electron chi connectivity index (χ3n) is 6.30. The molecule has 2 aliphatic heterocycles. The Morgan fingerprint density at radius 2 is 2.09 bits per heavy atom. The van der Waals surface area contributed by atoms with Crippen LogP contribution in [0.4, 0.5) is 11.5 Å². The molecule has 2 amide bonds. The van der Waals surface area contributed by atoms with Gasteiger partial charge in [-0.25, -0.2) is 4.98 Å². The molecule has 0 saturated carbocycles. The quantitative estimate of drug-likeness (QED) is 0.627. The molecule has 170 valence electrons. The second-order valence-electron chi connectivity index (χ2n) is 8.45. The van der Waals surface area contributed by atoms with Crippen molar-refractivity contribution in [3.05, 3.63) is 66.4 Å². The Morgan fingerprint density at radius 3 is 2.91 bits per heavy atom. The zero-order chi connectivity index (χ0) is 22.6. The van der Waals surface area contributed by atoms with Crippen molar-refractivity contribution in [1.29, 1.82) is 0 Å². The monoisotopic (exact) mass is 445 g/mol. The summed E-state index contributed by atoms with van der Waals surface area (Å²) in [6.45, 7) is 2.01. The molecule has 0 radical (unpaired) electrons. The van der Waals surface area contributed by atoms with Gasteiger partial charge < -0.3 is 15.1 Å². The van der Waals surface area contributed by atoms with Gasteiger partial charge in [0.05, 0.1) is 30.0 Å².